The van der Waals surface area contributed by atoms with Crippen molar-refractivity contribution in [3.05, 3.63) is 39.8 Å². The van der Waals surface area contributed by atoms with Crippen molar-refractivity contribution in [2.45, 2.75) is 6.92 Å². The third-order valence-corrected chi connectivity index (χ3v) is 2.87. The van der Waals surface area contributed by atoms with E-state index in [1.54, 1.807) is 13.0 Å². The monoisotopic (exact) mass is 272 g/mol. The Hall–Kier alpha value is -2.94. The summed E-state index contributed by atoms with van der Waals surface area (Å²) in [5, 5.41) is 28.6. The molecule has 6 heteroatoms. The van der Waals surface area contributed by atoms with E-state index >= 15 is 0 Å². The SMILES string of the molecule is COc1cc(-c2cc(C)[nH]c(=O)c2C#N)c(O)cc1O. The van der Waals surface area contributed by atoms with Crippen molar-refractivity contribution in [2.75, 3.05) is 7.11 Å². The van der Waals surface area contributed by atoms with Gasteiger partial charge in [-0.25, -0.2) is 0 Å². The van der Waals surface area contributed by atoms with Gasteiger partial charge in [-0.2, -0.15) is 5.26 Å². The Morgan fingerprint density at radius 2 is 1.90 bits per heavy atom. The summed E-state index contributed by atoms with van der Waals surface area (Å²) in [6, 6.07) is 5.86. The number of aromatic hydroxyl groups is 2. The summed E-state index contributed by atoms with van der Waals surface area (Å²) in [7, 11) is 1.37. The first kappa shape index (κ1) is 13.5. The predicted molar refractivity (Wildman–Crippen MR) is 71.8 cm³/mol. The molecule has 0 aliphatic rings. The molecule has 0 saturated heterocycles. The maximum Gasteiger partial charge on any atom is 0.266 e. The molecule has 1 aromatic heterocycles. The summed E-state index contributed by atoms with van der Waals surface area (Å²) in [5.74, 6) is -0.335. The number of phenolic OH excluding ortho intramolecular Hbond substituents is 2. The average molecular weight is 272 g/mol. The number of benzene rings is 1. The van der Waals surface area contributed by atoms with Gasteiger partial charge < -0.3 is 19.9 Å². The summed E-state index contributed by atoms with van der Waals surface area (Å²) >= 11 is 0. The van der Waals surface area contributed by atoms with E-state index in [0.29, 0.717) is 5.69 Å². The van der Waals surface area contributed by atoms with Crippen molar-refractivity contribution in [3.63, 3.8) is 0 Å². The number of rotatable bonds is 2. The van der Waals surface area contributed by atoms with Gasteiger partial charge >= 0.3 is 0 Å². The van der Waals surface area contributed by atoms with Crippen LogP contribution in [-0.2, 0) is 0 Å². The smallest absolute Gasteiger partial charge is 0.266 e. The molecule has 0 fully saturated rings. The molecular formula is C14H12N2O4. The zero-order chi connectivity index (χ0) is 14.9. The number of phenols is 2. The fourth-order valence-electron chi connectivity index (χ4n) is 1.95. The molecule has 102 valence electrons. The summed E-state index contributed by atoms with van der Waals surface area (Å²) in [6.45, 7) is 1.67. The first-order valence-corrected chi connectivity index (χ1v) is 5.72. The lowest BCUT2D eigenvalue weighted by Crippen LogP contribution is -2.12. The van der Waals surface area contributed by atoms with Crippen molar-refractivity contribution >= 4 is 0 Å². The molecule has 0 atom stereocenters. The van der Waals surface area contributed by atoms with Gasteiger partial charge in [0.15, 0.2) is 11.5 Å². The van der Waals surface area contributed by atoms with Gasteiger partial charge in [0.25, 0.3) is 5.56 Å². The number of nitrogens with zero attached hydrogens (tertiary/aromatic N) is 1. The van der Waals surface area contributed by atoms with Crippen LogP contribution in [0.15, 0.2) is 23.0 Å². The molecule has 0 saturated carbocycles. The van der Waals surface area contributed by atoms with Gasteiger partial charge in [0.2, 0.25) is 0 Å². The van der Waals surface area contributed by atoms with Crippen LogP contribution < -0.4 is 10.3 Å². The Bertz CT molecular complexity index is 772. The fourth-order valence-corrected chi connectivity index (χ4v) is 1.95. The molecule has 2 rings (SSSR count). The van der Waals surface area contributed by atoms with Gasteiger partial charge in [0.1, 0.15) is 17.4 Å². The predicted octanol–water partition coefficient (Wildman–Crippen LogP) is 1.64. The van der Waals surface area contributed by atoms with Crippen LogP contribution in [0.4, 0.5) is 0 Å². The highest BCUT2D eigenvalue weighted by molar-refractivity contribution is 5.77. The van der Waals surface area contributed by atoms with E-state index in [-0.39, 0.29) is 33.9 Å². The maximum absolute atomic E-state index is 11.8. The molecule has 0 amide bonds. The van der Waals surface area contributed by atoms with Crippen molar-refractivity contribution in [2.24, 2.45) is 0 Å². The van der Waals surface area contributed by atoms with Crippen molar-refractivity contribution in [3.8, 4) is 34.4 Å². The molecule has 1 heterocycles. The van der Waals surface area contributed by atoms with Gasteiger partial charge in [-0.05, 0) is 19.1 Å². The van der Waals surface area contributed by atoms with Crippen LogP contribution in [0.3, 0.4) is 0 Å². The van der Waals surface area contributed by atoms with Crippen LogP contribution in [0, 0.1) is 18.3 Å². The molecule has 0 aliphatic heterocycles. The number of H-pyrrole nitrogens is 1. The first-order chi connectivity index (χ1) is 9.47. The van der Waals surface area contributed by atoms with Gasteiger partial charge in [-0.1, -0.05) is 0 Å². The lowest BCUT2D eigenvalue weighted by atomic mass is 9.99. The van der Waals surface area contributed by atoms with E-state index < -0.39 is 5.56 Å². The second-order valence-corrected chi connectivity index (χ2v) is 4.22. The summed E-state index contributed by atoms with van der Waals surface area (Å²) in [4.78, 5) is 14.3. The highest BCUT2D eigenvalue weighted by Crippen LogP contribution is 2.39. The zero-order valence-electron chi connectivity index (χ0n) is 10.9. The third-order valence-electron chi connectivity index (χ3n) is 2.87. The number of aryl methyl sites for hydroxylation is 1. The highest BCUT2D eigenvalue weighted by atomic mass is 16.5. The second-order valence-electron chi connectivity index (χ2n) is 4.22. The molecule has 0 spiro atoms. The standard InChI is InChI=1S/C14H12N2O4/c1-7-3-8(10(6-15)14(19)16-7)9-4-13(20-2)12(18)5-11(9)17/h3-5,17-18H,1-2H3,(H,16,19). The number of aromatic amines is 1. The van der Waals surface area contributed by atoms with E-state index in [0.717, 1.165) is 6.07 Å². The summed E-state index contributed by atoms with van der Waals surface area (Å²) in [5.41, 5.74) is 0.429. The number of hydrogen-bond donors (Lipinski definition) is 3. The Balaban J connectivity index is 2.82. The minimum Gasteiger partial charge on any atom is -0.507 e. The first-order valence-electron chi connectivity index (χ1n) is 5.72. The molecular weight excluding hydrogens is 260 g/mol. The number of aromatic nitrogens is 1. The Morgan fingerprint density at radius 3 is 2.50 bits per heavy atom. The molecule has 0 aliphatic carbocycles. The van der Waals surface area contributed by atoms with E-state index in [1.165, 1.54) is 13.2 Å². The molecule has 2 aromatic rings. The third kappa shape index (κ3) is 2.17. The maximum atomic E-state index is 11.8. The number of ether oxygens (including phenoxy) is 1. The van der Waals surface area contributed by atoms with Crippen LogP contribution >= 0.6 is 0 Å². The molecule has 0 radical (unpaired) electrons. The number of methoxy groups -OCH3 is 1. The van der Waals surface area contributed by atoms with Crippen LogP contribution in [-0.4, -0.2) is 22.3 Å². The van der Waals surface area contributed by atoms with E-state index in [2.05, 4.69) is 4.98 Å². The Morgan fingerprint density at radius 1 is 1.20 bits per heavy atom. The lowest BCUT2D eigenvalue weighted by Gasteiger charge is -2.11. The van der Waals surface area contributed by atoms with Crippen molar-refractivity contribution < 1.29 is 14.9 Å². The minimum atomic E-state index is -0.533. The number of nitriles is 1. The molecule has 1 aromatic carbocycles. The molecule has 20 heavy (non-hydrogen) atoms. The second kappa shape index (κ2) is 4.97. The quantitative estimate of drug-likeness (QED) is 0.770. The van der Waals surface area contributed by atoms with E-state index in [9.17, 15) is 15.0 Å². The van der Waals surface area contributed by atoms with E-state index in [1.807, 2.05) is 6.07 Å². The molecule has 6 nitrogen and oxygen atoms in total. The van der Waals surface area contributed by atoms with Gasteiger partial charge in [-0.3, -0.25) is 4.79 Å². The summed E-state index contributed by atoms with van der Waals surface area (Å²) < 4.78 is 4.97. The topological polar surface area (TPSA) is 106 Å². The molecule has 3 N–H and O–H groups in total. The zero-order valence-corrected chi connectivity index (χ0v) is 10.9. The van der Waals surface area contributed by atoms with E-state index in [4.69, 9.17) is 10.00 Å². The van der Waals surface area contributed by atoms with Gasteiger partial charge in [-0.15, -0.1) is 0 Å². The molecule has 0 unspecified atom stereocenters. The van der Waals surface area contributed by atoms with Crippen LogP contribution in [0.2, 0.25) is 0 Å². The number of nitrogens with one attached hydrogen (secondary N) is 1. The Labute approximate surface area is 114 Å². The fraction of sp³-hybridized carbons (Fsp3) is 0.143. The van der Waals surface area contributed by atoms with Crippen LogP contribution in [0.25, 0.3) is 11.1 Å². The van der Waals surface area contributed by atoms with Crippen LogP contribution in [0.5, 0.6) is 17.2 Å². The minimum absolute atomic E-state index is 0.112. The van der Waals surface area contributed by atoms with Crippen molar-refractivity contribution in [1.82, 2.24) is 4.98 Å². The normalized spacial score (nSPS) is 10.1. The van der Waals surface area contributed by atoms with Gasteiger partial charge in [0, 0.05) is 22.9 Å². The summed E-state index contributed by atoms with van der Waals surface area (Å²) in [6.07, 6.45) is 0. The van der Waals surface area contributed by atoms with Gasteiger partial charge in [0.05, 0.1) is 7.11 Å². The Kier molecular flexibility index (Phi) is 3.36. The largest absolute Gasteiger partial charge is 0.507 e. The van der Waals surface area contributed by atoms with Crippen molar-refractivity contribution in [1.29, 1.82) is 5.26 Å². The molecule has 0 bridgehead atoms. The van der Waals surface area contributed by atoms with Crippen LogP contribution in [0.1, 0.15) is 11.3 Å². The number of hydrogen-bond acceptors (Lipinski definition) is 5. The number of pyridine rings is 1. The lowest BCUT2D eigenvalue weighted by molar-refractivity contribution is 0.370. The highest BCUT2D eigenvalue weighted by Gasteiger charge is 2.16. The average Bonchev–Trinajstić information content (AvgIpc) is 2.38.